The van der Waals surface area contributed by atoms with Crippen LogP contribution in [0.15, 0.2) is 52.3 Å². The van der Waals surface area contributed by atoms with Gasteiger partial charge in [-0.3, -0.25) is 0 Å². The van der Waals surface area contributed by atoms with Gasteiger partial charge in [0.1, 0.15) is 4.90 Å². The van der Waals surface area contributed by atoms with Crippen molar-refractivity contribution in [1.82, 2.24) is 4.31 Å². The number of rotatable bonds is 6. The fourth-order valence-corrected chi connectivity index (χ4v) is 4.70. The van der Waals surface area contributed by atoms with Crippen molar-refractivity contribution in [1.29, 1.82) is 0 Å². The average Bonchev–Trinajstić information content (AvgIpc) is 2.54. The van der Waals surface area contributed by atoms with Gasteiger partial charge < -0.3 is 4.90 Å². The normalized spacial score (nSPS) is 12.4. The maximum atomic E-state index is 12.9. The maximum Gasteiger partial charge on any atom is 0.244 e. The third-order valence-corrected chi connectivity index (χ3v) is 7.27. The van der Waals surface area contributed by atoms with Gasteiger partial charge in [-0.05, 0) is 35.9 Å². The topological polar surface area (TPSA) is 74.8 Å². The zero-order valence-electron chi connectivity index (χ0n) is 15.0. The number of hydrogen-bond donors (Lipinski definition) is 0. The van der Waals surface area contributed by atoms with E-state index in [0.717, 1.165) is 27.9 Å². The summed E-state index contributed by atoms with van der Waals surface area (Å²) < 4.78 is 50.3. The number of nitrogens with zero attached hydrogens (tertiary/aromatic N) is 2. The van der Waals surface area contributed by atoms with Gasteiger partial charge in [-0.1, -0.05) is 23.7 Å². The van der Waals surface area contributed by atoms with Crippen LogP contribution in [-0.2, 0) is 26.4 Å². The summed E-state index contributed by atoms with van der Waals surface area (Å²) in [6, 6.07) is 11.1. The van der Waals surface area contributed by atoms with Crippen LogP contribution in [0.1, 0.15) is 5.56 Å². The van der Waals surface area contributed by atoms with Crippen LogP contribution in [-0.4, -0.2) is 48.5 Å². The molecule has 0 aliphatic carbocycles. The summed E-state index contributed by atoms with van der Waals surface area (Å²) in [6.07, 6.45) is 1.02. The maximum absolute atomic E-state index is 12.9. The van der Waals surface area contributed by atoms with Crippen molar-refractivity contribution in [2.45, 2.75) is 16.3 Å². The van der Waals surface area contributed by atoms with E-state index < -0.39 is 19.9 Å². The van der Waals surface area contributed by atoms with E-state index in [9.17, 15) is 16.8 Å². The molecule has 0 unspecified atom stereocenters. The molecular formula is C17H21ClN2O4S2. The number of anilines is 1. The molecule has 0 saturated carbocycles. The van der Waals surface area contributed by atoms with Gasteiger partial charge in [0.15, 0.2) is 9.84 Å². The van der Waals surface area contributed by atoms with Crippen LogP contribution in [0.2, 0.25) is 5.02 Å². The van der Waals surface area contributed by atoms with Gasteiger partial charge in [-0.25, -0.2) is 16.8 Å². The molecule has 0 atom stereocenters. The second kappa shape index (κ2) is 7.56. The van der Waals surface area contributed by atoms with E-state index in [1.54, 1.807) is 0 Å². The Morgan fingerprint density at radius 2 is 1.50 bits per heavy atom. The summed E-state index contributed by atoms with van der Waals surface area (Å²) in [4.78, 5) is 1.62. The first-order chi connectivity index (χ1) is 11.9. The smallest absolute Gasteiger partial charge is 0.244 e. The summed E-state index contributed by atoms with van der Waals surface area (Å²) >= 11 is 6.03. The van der Waals surface area contributed by atoms with Gasteiger partial charge in [0.25, 0.3) is 0 Å². The molecule has 0 aliphatic heterocycles. The highest BCUT2D eigenvalue weighted by atomic mass is 35.5. The van der Waals surface area contributed by atoms with Crippen molar-refractivity contribution in [2.75, 3.05) is 32.3 Å². The second-order valence-electron chi connectivity index (χ2n) is 6.19. The monoisotopic (exact) mass is 416 g/mol. The lowest BCUT2D eigenvalue weighted by atomic mass is 10.2. The van der Waals surface area contributed by atoms with Gasteiger partial charge in [0, 0.05) is 39.6 Å². The Bertz CT molecular complexity index is 1000. The van der Waals surface area contributed by atoms with Crippen LogP contribution < -0.4 is 4.90 Å². The minimum atomic E-state index is -3.95. The van der Waals surface area contributed by atoms with Crippen molar-refractivity contribution in [2.24, 2.45) is 0 Å². The van der Waals surface area contributed by atoms with E-state index in [1.165, 1.54) is 19.2 Å². The van der Waals surface area contributed by atoms with Gasteiger partial charge in [-0.15, -0.1) is 0 Å². The third kappa shape index (κ3) is 4.56. The number of hydrogen-bond acceptors (Lipinski definition) is 5. The fraction of sp³-hybridized carbons (Fsp3) is 0.294. The van der Waals surface area contributed by atoms with Gasteiger partial charge in [0.2, 0.25) is 10.0 Å². The zero-order chi connectivity index (χ0) is 19.7. The van der Waals surface area contributed by atoms with Crippen LogP contribution in [0.3, 0.4) is 0 Å². The van der Waals surface area contributed by atoms with Gasteiger partial charge in [-0.2, -0.15) is 4.31 Å². The molecule has 2 aromatic carbocycles. The van der Waals surface area contributed by atoms with Crippen molar-refractivity contribution in [3.05, 3.63) is 53.1 Å². The van der Waals surface area contributed by atoms with Crippen LogP contribution in [0, 0.1) is 0 Å². The highest BCUT2D eigenvalue weighted by molar-refractivity contribution is 7.91. The van der Waals surface area contributed by atoms with Gasteiger partial charge >= 0.3 is 0 Å². The molecule has 9 heteroatoms. The molecule has 2 rings (SSSR count). The van der Waals surface area contributed by atoms with Crippen LogP contribution in [0.5, 0.6) is 0 Å². The van der Waals surface area contributed by atoms with E-state index in [-0.39, 0.29) is 21.4 Å². The molecule has 0 fully saturated rings. The molecule has 0 amide bonds. The van der Waals surface area contributed by atoms with E-state index in [2.05, 4.69) is 0 Å². The molecule has 0 aromatic heterocycles. The Morgan fingerprint density at radius 1 is 0.923 bits per heavy atom. The number of benzene rings is 2. The number of sulfone groups is 1. The highest BCUT2D eigenvalue weighted by Gasteiger charge is 2.25. The van der Waals surface area contributed by atoms with Crippen LogP contribution in [0.25, 0.3) is 0 Å². The first-order valence-corrected chi connectivity index (χ1v) is 11.4. The highest BCUT2D eigenvalue weighted by Crippen LogP contribution is 2.28. The first-order valence-electron chi connectivity index (χ1n) is 7.65. The molecule has 0 aliphatic rings. The third-order valence-electron chi connectivity index (χ3n) is 3.88. The lowest BCUT2D eigenvalue weighted by Gasteiger charge is -2.19. The molecule has 0 bridgehead atoms. The second-order valence-corrected chi connectivity index (χ2v) is 10.6. The fourth-order valence-electron chi connectivity index (χ4n) is 2.32. The number of sulfonamides is 1. The van der Waals surface area contributed by atoms with Crippen molar-refractivity contribution < 1.29 is 16.8 Å². The lowest BCUT2D eigenvalue weighted by Crippen LogP contribution is -2.27. The Hall–Kier alpha value is -1.61. The summed E-state index contributed by atoms with van der Waals surface area (Å²) in [5.74, 6) is 0. The first kappa shape index (κ1) is 20.7. The zero-order valence-corrected chi connectivity index (χ0v) is 17.4. The van der Waals surface area contributed by atoms with E-state index >= 15 is 0 Å². The minimum absolute atomic E-state index is 0.0211. The Balaban J connectivity index is 2.34. The van der Waals surface area contributed by atoms with Crippen molar-refractivity contribution in [3.8, 4) is 0 Å². The standard InChI is InChI=1S/C17H21ClN2O4S2/c1-19(2)14-7-5-13(6-8-14)12-20(3)26(23,24)17-11-15(25(4,21)22)9-10-16(17)18/h5-11H,12H2,1-4H3. The lowest BCUT2D eigenvalue weighted by molar-refractivity contribution is 0.466. The minimum Gasteiger partial charge on any atom is -0.378 e. The summed E-state index contributed by atoms with van der Waals surface area (Å²) in [5, 5.41) is -0.0211. The van der Waals surface area contributed by atoms with E-state index in [4.69, 9.17) is 11.6 Å². The summed E-state index contributed by atoms with van der Waals surface area (Å²) in [7, 11) is -2.23. The van der Waals surface area contributed by atoms with Crippen molar-refractivity contribution >= 4 is 37.1 Å². The average molecular weight is 417 g/mol. The Labute approximate surface area is 160 Å². The Kier molecular flexibility index (Phi) is 6.02. The Morgan fingerprint density at radius 3 is 2.00 bits per heavy atom. The SMILES string of the molecule is CN(C)c1ccc(CN(C)S(=O)(=O)c2cc(S(C)(=O)=O)ccc2Cl)cc1. The molecule has 6 nitrogen and oxygen atoms in total. The van der Waals surface area contributed by atoms with Crippen LogP contribution >= 0.6 is 11.6 Å². The predicted octanol–water partition coefficient (Wildman–Crippen LogP) is 2.63. The molecule has 0 saturated heterocycles. The molecule has 26 heavy (non-hydrogen) atoms. The molecule has 0 heterocycles. The molecule has 142 valence electrons. The molecule has 0 spiro atoms. The largest absolute Gasteiger partial charge is 0.378 e. The molecular weight excluding hydrogens is 396 g/mol. The number of halogens is 1. The molecule has 0 radical (unpaired) electrons. The van der Waals surface area contributed by atoms with Gasteiger partial charge in [0.05, 0.1) is 9.92 Å². The van der Waals surface area contributed by atoms with E-state index in [1.807, 2.05) is 43.3 Å². The summed E-state index contributed by atoms with van der Waals surface area (Å²) in [6.45, 7) is 0.134. The molecule has 2 aromatic rings. The predicted molar refractivity (Wildman–Crippen MR) is 104 cm³/mol. The van der Waals surface area contributed by atoms with E-state index in [0.29, 0.717) is 0 Å². The van der Waals surface area contributed by atoms with Crippen LogP contribution in [0.4, 0.5) is 5.69 Å². The summed E-state index contributed by atoms with van der Waals surface area (Å²) in [5.41, 5.74) is 1.81. The van der Waals surface area contributed by atoms with Crippen molar-refractivity contribution in [3.63, 3.8) is 0 Å². The quantitative estimate of drug-likeness (QED) is 0.723. The molecule has 0 N–H and O–H groups in total.